The highest BCUT2D eigenvalue weighted by Crippen LogP contribution is 2.04. The third-order valence-corrected chi connectivity index (χ3v) is 2.25. The molecule has 0 spiro atoms. The normalized spacial score (nSPS) is 17.4. The van der Waals surface area contributed by atoms with E-state index in [1.54, 1.807) is 0 Å². The first-order chi connectivity index (χ1) is 4.63. The summed E-state index contributed by atoms with van der Waals surface area (Å²) in [4.78, 5) is 2.19. The van der Waals surface area contributed by atoms with Crippen LogP contribution in [0.15, 0.2) is 0 Å². The number of nitrogens with zero attached hydrogens (tertiary/aromatic N) is 1. The van der Waals surface area contributed by atoms with Gasteiger partial charge in [-0.3, -0.25) is 4.90 Å². The van der Waals surface area contributed by atoms with Gasteiger partial charge in [0.25, 0.3) is 0 Å². The van der Waals surface area contributed by atoms with Gasteiger partial charge in [-0.05, 0) is 27.3 Å². The van der Waals surface area contributed by atoms with Gasteiger partial charge in [0.2, 0.25) is 0 Å². The molecular weight excluding hydrogens is 126 g/mol. The van der Waals surface area contributed by atoms with Crippen LogP contribution in [-0.2, 0) is 0 Å². The fourth-order valence-electron chi connectivity index (χ4n) is 0.851. The molecule has 0 amide bonds. The fourth-order valence-corrected chi connectivity index (χ4v) is 0.851. The van der Waals surface area contributed by atoms with Crippen molar-refractivity contribution in [3.05, 3.63) is 0 Å². The lowest BCUT2D eigenvalue weighted by atomic mass is 10.2. The molecule has 0 saturated heterocycles. The van der Waals surface area contributed by atoms with Gasteiger partial charge in [-0.2, -0.15) is 0 Å². The second kappa shape index (κ2) is 4.69. The van der Waals surface area contributed by atoms with Gasteiger partial charge >= 0.3 is 0 Å². The van der Waals surface area contributed by atoms with Crippen molar-refractivity contribution in [3.63, 3.8) is 0 Å². The van der Waals surface area contributed by atoms with Crippen LogP contribution >= 0.6 is 0 Å². The van der Waals surface area contributed by atoms with Crippen molar-refractivity contribution in [2.75, 3.05) is 13.7 Å². The second-order valence-corrected chi connectivity index (χ2v) is 2.95. The van der Waals surface area contributed by atoms with Crippen LogP contribution in [0.2, 0.25) is 0 Å². The summed E-state index contributed by atoms with van der Waals surface area (Å²) in [5.74, 6) is 0. The molecule has 0 saturated carbocycles. The largest absolute Gasteiger partial charge is 0.395 e. The van der Waals surface area contributed by atoms with Crippen LogP contribution in [0.4, 0.5) is 0 Å². The zero-order valence-corrected chi connectivity index (χ0v) is 7.46. The fraction of sp³-hybridized carbons (Fsp3) is 1.00. The highest BCUT2D eigenvalue weighted by molar-refractivity contribution is 4.67. The van der Waals surface area contributed by atoms with E-state index < -0.39 is 0 Å². The summed E-state index contributed by atoms with van der Waals surface area (Å²) in [5.41, 5.74) is 0. The summed E-state index contributed by atoms with van der Waals surface area (Å²) in [7, 11) is 2.05. The molecule has 2 nitrogen and oxygen atoms in total. The van der Waals surface area contributed by atoms with E-state index in [4.69, 9.17) is 5.11 Å². The summed E-state index contributed by atoms with van der Waals surface area (Å²) in [5, 5.41) is 8.81. The van der Waals surface area contributed by atoms with Gasteiger partial charge in [0, 0.05) is 12.1 Å². The molecule has 0 heterocycles. The summed E-state index contributed by atoms with van der Waals surface area (Å²) in [6.45, 7) is 6.62. The molecule has 0 aromatic rings. The molecule has 2 unspecified atom stereocenters. The van der Waals surface area contributed by atoms with Crippen LogP contribution in [0.5, 0.6) is 0 Å². The maximum Gasteiger partial charge on any atom is 0.0584 e. The van der Waals surface area contributed by atoms with Crippen molar-refractivity contribution in [3.8, 4) is 0 Å². The Bertz CT molecular complexity index is 75.3. The maximum absolute atomic E-state index is 8.81. The quantitative estimate of drug-likeness (QED) is 0.640. The Morgan fingerprint density at radius 2 is 1.80 bits per heavy atom. The second-order valence-electron chi connectivity index (χ2n) is 2.95. The number of rotatable bonds is 4. The maximum atomic E-state index is 8.81. The number of hydrogen-bond acceptors (Lipinski definition) is 2. The monoisotopic (exact) mass is 145 g/mol. The van der Waals surface area contributed by atoms with Crippen LogP contribution < -0.4 is 0 Å². The highest BCUT2D eigenvalue weighted by Gasteiger charge is 2.12. The lowest BCUT2D eigenvalue weighted by Gasteiger charge is -2.28. The van der Waals surface area contributed by atoms with Gasteiger partial charge in [0.1, 0.15) is 0 Å². The van der Waals surface area contributed by atoms with E-state index in [-0.39, 0.29) is 12.6 Å². The average molecular weight is 145 g/mol. The Hall–Kier alpha value is -0.0800. The van der Waals surface area contributed by atoms with E-state index in [0.29, 0.717) is 6.04 Å². The average Bonchev–Trinajstić information content (AvgIpc) is 2.00. The summed E-state index contributed by atoms with van der Waals surface area (Å²) >= 11 is 0. The zero-order chi connectivity index (χ0) is 8.15. The van der Waals surface area contributed by atoms with Crippen molar-refractivity contribution < 1.29 is 5.11 Å². The van der Waals surface area contributed by atoms with E-state index in [0.717, 1.165) is 6.42 Å². The van der Waals surface area contributed by atoms with Crippen molar-refractivity contribution >= 4 is 0 Å². The van der Waals surface area contributed by atoms with Crippen LogP contribution in [0.25, 0.3) is 0 Å². The SMILES string of the molecule is CCC(C)N(C)C(C)CO. The van der Waals surface area contributed by atoms with Crippen LogP contribution in [0.1, 0.15) is 27.2 Å². The molecule has 0 aromatic heterocycles. The molecule has 0 aliphatic rings. The summed E-state index contributed by atoms with van der Waals surface area (Å²) < 4.78 is 0. The molecule has 2 heteroatoms. The smallest absolute Gasteiger partial charge is 0.0584 e. The minimum Gasteiger partial charge on any atom is -0.395 e. The first-order valence-corrected chi connectivity index (χ1v) is 3.96. The van der Waals surface area contributed by atoms with Crippen LogP contribution in [-0.4, -0.2) is 35.7 Å². The molecule has 0 aliphatic heterocycles. The Labute approximate surface area is 63.8 Å². The molecule has 0 radical (unpaired) electrons. The predicted molar refractivity (Wildman–Crippen MR) is 44.1 cm³/mol. The number of aliphatic hydroxyl groups is 1. The van der Waals surface area contributed by atoms with Gasteiger partial charge in [0.15, 0.2) is 0 Å². The molecular formula is C8H19NO. The lowest BCUT2D eigenvalue weighted by Crippen LogP contribution is -2.38. The van der Waals surface area contributed by atoms with Gasteiger partial charge in [-0.1, -0.05) is 6.92 Å². The minimum atomic E-state index is 0.251. The molecule has 0 aliphatic carbocycles. The summed E-state index contributed by atoms with van der Waals surface area (Å²) in [6.07, 6.45) is 1.14. The molecule has 0 fully saturated rings. The van der Waals surface area contributed by atoms with Crippen LogP contribution in [0.3, 0.4) is 0 Å². The number of hydrogen-bond donors (Lipinski definition) is 1. The van der Waals surface area contributed by atoms with E-state index in [1.165, 1.54) is 0 Å². The van der Waals surface area contributed by atoms with Gasteiger partial charge in [0.05, 0.1) is 6.61 Å². The highest BCUT2D eigenvalue weighted by atomic mass is 16.3. The zero-order valence-electron chi connectivity index (χ0n) is 7.46. The molecule has 0 bridgehead atoms. The standard InChI is InChI=1S/C8H19NO/c1-5-7(2)9(4)8(3)6-10/h7-8,10H,5-6H2,1-4H3. The Balaban J connectivity index is 3.69. The number of aliphatic hydroxyl groups excluding tert-OH is 1. The molecule has 10 heavy (non-hydrogen) atoms. The van der Waals surface area contributed by atoms with E-state index in [1.807, 2.05) is 6.92 Å². The third kappa shape index (κ3) is 2.67. The molecule has 0 aromatic carbocycles. The third-order valence-electron chi connectivity index (χ3n) is 2.25. The van der Waals surface area contributed by atoms with Crippen LogP contribution in [0, 0.1) is 0 Å². The van der Waals surface area contributed by atoms with Gasteiger partial charge < -0.3 is 5.11 Å². The van der Waals surface area contributed by atoms with Crippen molar-refractivity contribution in [1.82, 2.24) is 4.90 Å². The molecule has 0 rings (SSSR count). The van der Waals surface area contributed by atoms with Gasteiger partial charge in [-0.25, -0.2) is 0 Å². The van der Waals surface area contributed by atoms with Gasteiger partial charge in [-0.15, -0.1) is 0 Å². The lowest BCUT2D eigenvalue weighted by molar-refractivity contribution is 0.125. The number of likely N-dealkylation sites (N-methyl/N-ethyl adjacent to an activating group) is 1. The van der Waals surface area contributed by atoms with E-state index >= 15 is 0 Å². The predicted octanol–water partition coefficient (Wildman–Crippen LogP) is 1.10. The van der Waals surface area contributed by atoms with E-state index in [9.17, 15) is 0 Å². The van der Waals surface area contributed by atoms with E-state index in [2.05, 4.69) is 25.8 Å². The Morgan fingerprint density at radius 1 is 1.30 bits per heavy atom. The first kappa shape index (κ1) is 9.92. The summed E-state index contributed by atoms with van der Waals surface area (Å²) in [6, 6.07) is 0.858. The molecule has 62 valence electrons. The minimum absolute atomic E-state index is 0.251. The van der Waals surface area contributed by atoms with Crippen molar-refractivity contribution in [2.24, 2.45) is 0 Å². The first-order valence-electron chi connectivity index (χ1n) is 3.96. The topological polar surface area (TPSA) is 23.5 Å². The van der Waals surface area contributed by atoms with Crippen molar-refractivity contribution in [1.29, 1.82) is 0 Å². The Kier molecular flexibility index (Phi) is 4.65. The molecule has 1 N–H and O–H groups in total. The Morgan fingerprint density at radius 3 is 2.10 bits per heavy atom. The van der Waals surface area contributed by atoms with Crippen molar-refractivity contribution in [2.45, 2.75) is 39.3 Å². The molecule has 2 atom stereocenters.